The fourth-order valence-corrected chi connectivity index (χ4v) is 4.27. The highest BCUT2D eigenvalue weighted by Crippen LogP contribution is 2.45. The van der Waals surface area contributed by atoms with Gasteiger partial charge in [0.25, 0.3) is 0 Å². The molecule has 1 unspecified atom stereocenters. The van der Waals surface area contributed by atoms with Crippen LogP contribution in [0.2, 0.25) is 0 Å². The van der Waals surface area contributed by atoms with E-state index in [1.54, 1.807) is 0 Å². The lowest BCUT2D eigenvalue weighted by Gasteiger charge is -2.33. The van der Waals surface area contributed by atoms with Gasteiger partial charge in [0, 0.05) is 5.56 Å². The van der Waals surface area contributed by atoms with E-state index in [1.807, 2.05) is 12.5 Å². The van der Waals surface area contributed by atoms with Gasteiger partial charge >= 0.3 is 0 Å². The van der Waals surface area contributed by atoms with E-state index in [1.165, 1.54) is 16.7 Å². The Morgan fingerprint density at radius 3 is 2.91 bits per heavy atom. The van der Waals surface area contributed by atoms with E-state index in [4.69, 9.17) is 0 Å². The molecule has 0 saturated heterocycles. The first-order valence-corrected chi connectivity index (χ1v) is 8.56. The Labute approximate surface area is 136 Å². The molecule has 1 saturated carbocycles. The van der Waals surface area contributed by atoms with Crippen molar-refractivity contribution in [2.45, 2.75) is 63.3 Å². The van der Waals surface area contributed by atoms with Crippen molar-refractivity contribution < 1.29 is 9.50 Å². The second-order valence-electron chi connectivity index (χ2n) is 7.16. The molecule has 4 heteroatoms. The first kappa shape index (κ1) is 14.9. The number of aromatic nitrogens is 2. The lowest BCUT2D eigenvalue weighted by atomic mass is 9.80. The molecule has 1 aromatic heterocycles. The summed E-state index contributed by atoms with van der Waals surface area (Å²) in [6.45, 7) is 2.12. The number of aliphatic hydroxyl groups is 1. The molecule has 0 amide bonds. The summed E-state index contributed by atoms with van der Waals surface area (Å²) in [5.74, 6) is 0. The summed E-state index contributed by atoms with van der Waals surface area (Å²) in [5, 5.41) is 9.61. The Bertz CT molecular complexity index is 716. The first-order chi connectivity index (χ1) is 11.1. The van der Waals surface area contributed by atoms with Crippen LogP contribution in [-0.4, -0.2) is 26.4 Å². The van der Waals surface area contributed by atoms with Crippen molar-refractivity contribution in [3.8, 4) is 11.3 Å². The molecule has 1 aromatic carbocycles. The maximum Gasteiger partial charge on any atom is 0.111 e. The Morgan fingerprint density at radius 1 is 1.35 bits per heavy atom. The number of halogens is 1. The number of nitrogens with zero attached hydrogens (tertiary/aromatic N) is 2. The van der Waals surface area contributed by atoms with Gasteiger partial charge in [0.15, 0.2) is 0 Å². The van der Waals surface area contributed by atoms with Crippen molar-refractivity contribution in [2.75, 3.05) is 0 Å². The predicted octanol–water partition coefficient (Wildman–Crippen LogP) is 4.18. The lowest BCUT2D eigenvalue weighted by molar-refractivity contribution is 0.0253. The predicted molar refractivity (Wildman–Crippen MR) is 88.1 cm³/mol. The molecule has 1 aliphatic carbocycles. The Kier molecular flexibility index (Phi) is 3.52. The van der Waals surface area contributed by atoms with E-state index in [2.05, 4.69) is 34.7 Å². The maximum atomic E-state index is 15.0. The Hall–Kier alpha value is -1.68. The maximum absolute atomic E-state index is 15.0. The number of aliphatic hydroxyl groups excluding tert-OH is 1. The highest BCUT2D eigenvalue weighted by Gasteiger charge is 2.37. The van der Waals surface area contributed by atoms with Crippen molar-refractivity contribution in [3.63, 3.8) is 0 Å². The number of benzene rings is 1. The molecule has 1 fully saturated rings. The normalized spacial score (nSPS) is 29.3. The van der Waals surface area contributed by atoms with Crippen LogP contribution in [0.4, 0.5) is 4.39 Å². The zero-order valence-electron chi connectivity index (χ0n) is 13.5. The fraction of sp³-hybridized carbons (Fsp3) is 0.526. The number of hydrogen-bond acceptors (Lipinski definition) is 2. The average Bonchev–Trinajstić information content (AvgIpc) is 3.10. The molecule has 1 aliphatic heterocycles. The van der Waals surface area contributed by atoms with Gasteiger partial charge in [0.05, 0.1) is 30.4 Å². The third kappa shape index (κ3) is 2.49. The van der Waals surface area contributed by atoms with Gasteiger partial charge < -0.3 is 9.67 Å². The van der Waals surface area contributed by atoms with Crippen LogP contribution in [0.25, 0.3) is 11.3 Å². The summed E-state index contributed by atoms with van der Waals surface area (Å²) >= 11 is 0. The summed E-state index contributed by atoms with van der Waals surface area (Å²) in [5.41, 5.74) is 3.84. The molecule has 23 heavy (non-hydrogen) atoms. The van der Waals surface area contributed by atoms with Crippen LogP contribution in [0, 0.1) is 6.92 Å². The van der Waals surface area contributed by atoms with E-state index in [0.29, 0.717) is 32.1 Å². The zero-order chi connectivity index (χ0) is 16.0. The highest BCUT2D eigenvalue weighted by atomic mass is 19.1. The van der Waals surface area contributed by atoms with Crippen molar-refractivity contribution in [3.05, 3.63) is 41.9 Å². The minimum Gasteiger partial charge on any atom is -0.393 e. The third-order valence-electron chi connectivity index (χ3n) is 5.64. The molecule has 2 heterocycles. The SMILES string of the molecule is Cc1cccc2c1-c1cncn1C2CC[C@]1(F)CC[C@H](O)CC1. The lowest BCUT2D eigenvalue weighted by Crippen LogP contribution is -2.32. The van der Waals surface area contributed by atoms with Crippen molar-refractivity contribution in [1.29, 1.82) is 0 Å². The van der Waals surface area contributed by atoms with Gasteiger partial charge in [-0.15, -0.1) is 0 Å². The molecule has 0 bridgehead atoms. The van der Waals surface area contributed by atoms with E-state index in [0.717, 1.165) is 12.1 Å². The molecule has 2 aliphatic rings. The minimum absolute atomic E-state index is 0.182. The summed E-state index contributed by atoms with van der Waals surface area (Å²) in [4.78, 5) is 4.29. The van der Waals surface area contributed by atoms with E-state index in [-0.39, 0.29) is 12.1 Å². The molecular weight excluding hydrogens is 291 g/mol. The van der Waals surface area contributed by atoms with Crippen molar-refractivity contribution in [1.82, 2.24) is 9.55 Å². The van der Waals surface area contributed by atoms with Gasteiger partial charge in [-0.3, -0.25) is 0 Å². The standard InChI is InChI=1S/C19H23FN2O/c1-13-3-2-4-15-16(22-12-21-11-17(22)18(13)15)7-10-19(20)8-5-14(23)6-9-19/h2-4,11-12,14,16,23H,5-10H2,1H3/t14-,16?,19-. The van der Waals surface area contributed by atoms with Crippen LogP contribution in [-0.2, 0) is 0 Å². The van der Waals surface area contributed by atoms with Crippen molar-refractivity contribution in [2.24, 2.45) is 0 Å². The highest BCUT2D eigenvalue weighted by molar-refractivity contribution is 5.72. The largest absolute Gasteiger partial charge is 0.393 e. The van der Waals surface area contributed by atoms with Crippen LogP contribution < -0.4 is 0 Å². The zero-order valence-corrected chi connectivity index (χ0v) is 13.5. The van der Waals surface area contributed by atoms with E-state index in [9.17, 15) is 5.11 Å². The number of alkyl halides is 1. The summed E-state index contributed by atoms with van der Waals surface area (Å²) in [6, 6.07) is 6.55. The van der Waals surface area contributed by atoms with Crippen LogP contribution in [0.5, 0.6) is 0 Å². The Balaban J connectivity index is 1.58. The van der Waals surface area contributed by atoms with Gasteiger partial charge in [-0.05, 0) is 56.6 Å². The number of rotatable bonds is 3. The smallest absolute Gasteiger partial charge is 0.111 e. The average molecular weight is 314 g/mol. The van der Waals surface area contributed by atoms with E-state index >= 15 is 4.39 Å². The third-order valence-corrected chi connectivity index (χ3v) is 5.64. The molecule has 2 aromatic rings. The van der Waals surface area contributed by atoms with E-state index < -0.39 is 5.67 Å². The fourth-order valence-electron chi connectivity index (χ4n) is 4.27. The van der Waals surface area contributed by atoms with Gasteiger partial charge in [0.1, 0.15) is 5.67 Å². The van der Waals surface area contributed by atoms with Crippen molar-refractivity contribution >= 4 is 0 Å². The monoisotopic (exact) mass is 314 g/mol. The minimum atomic E-state index is -1.12. The molecule has 1 N–H and O–H groups in total. The summed E-state index contributed by atoms with van der Waals surface area (Å²) < 4.78 is 17.2. The number of fused-ring (bicyclic) bond motifs is 3. The Morgan fingerprint density at radius 2 is 2.13 bits per heavy atom. The quantitative estimate of drug-likeness (QED) is 0.922. The summed E-state index contributed by atoms with van der Waals surface area (Å²) in [7, 11) is 0. The first-order valence-electron chi connectivity index (χ1n) is 8.56. The number of aryl methyl sites for hydroxylation is 1. The van der Waals surface area contributed by atoms with Crippen LogP contribution >= 0.6 is 0 Å². The van der Waals surface area contributed by atoms with Gasteiger partial charge in [-0.1, -0.05) is 18.2 Å². The topological polar surface area (TPSA) is 38.0 Å². The van der Waals surface area contributed by atoms with Crippen LogP contribution in [0.3, 0.4) is 0 Å². The molecule has 0 spiro atoms. The second kappa shape index (κ2) is 5.45. The molecular formula is C19H23FN2O. The summed E-state index contributed by atoms with van der Waals surface area (Å²) in [6.07, 6.45) is 6.95. The van der Waals surface area contributed by atoms with Gasteiger partial charge in [0.2, 0.25) is 0 Å². The molecule has 4 rings (SSSR count). The number of hydrogen-bond donors (Lipinski definition) is 1. The molecule has 1 atom stereocenters. The molecule has 0 radical (unpaired) electrons. The second-order valence-corrected chi connectivity index (χ2v) is 7.16. The van der Waals surface area contributed by atoms with Crippen LogP contribution in [0.15, 0.2) is 30.7 Å². The number of imidazole rings is 1. The van der Waals surface area contributed by atoms with Crippen LogP contribution in [0.1, 0.15) is 55.7 Å². The van der Waals surface area contributed by atoms with Gasteiger partial charge in [-0.2, -0.15) is 0 Å². The molecule has 122 valence electrons. The van der Waals surface area contributed by atoms with Gasteiger partial charge in [-0.25, -0.2) is 9.37 Å². The molecule has 3 nitrogen and oxygen atoms in total.